The molecule has 2 atom stereocenters. The zero-order chi connectivity index (χ0) is 10.3. The molecule has 0 N–H and O–H groups in total. The number of hydrogen-bond donors (Lipinski definition) is 0. The third kappa shape index (κ3) is 1.30. The fourth-order valence-electron chi connectivity index (χ4n) is 2.02. The van der Waals surface area contributed by atoms with Crippen LogP contribution >= 0.6 is 11.6 Å². The van der Waals surface area contributed by atoms with Crippen LogP contribution in [0.25, 0.3) is 0 Å². The summed E-state index contributed by atoms with van der Waals surface area (Å²) in [4.78, 5) is 13.1. The van der Waals surface area contributed by atoms with Crippen LogP contribution in [-0.2, 0) is 4.79 Å². The SMILES string of the molecule is C[C@@H]1C(=O)N(C)[C@@H]1c1ccc(Cl)cc1. The highest BCUT2D eigenvalue weighted by atomic mass is 35.5. The van der Waals surface area contributed by atoms with E-state index in [1.807, 2.05) is 38.2 Å². The Morgan fingerprint density at radius 3 is 2.36 bits per heavy atom. The predicted molar refractivity (Wildman–Crippen MR) is 56.1 cm³/mol. The lowest BCUT2D eigenvalue weighted by molar-refractivity contribution is -0.152. The van der Waals surface area contributed by atoms with Crippen molar-refractivity contribution in [3.05, 3.63) is 34.9 Å². The summed E-state index contributed by atoms with van der Waals surface area (Å²) in [6.45, 7) is 1.96. The Balaban J connectivity index is 2.24. The molecule has 1 amide bonds. The smallest absolute Gasteiger partial charge is 0.228 e. The molecule has 1 aromatic carbocycles. The molecule has 2 nitrogen and oxygen atoms in total. The molecule has 1 aliphatic rings. The third-order valence-corrected chi connectivity index (χ3v) is 3.09. The summed E-state index contributed by atoms with van der Waals surface area (Å²) in [5.74, 6) is 0.311. The zero-order valence-electron chi connectivity index (χ0n) is 8.20. The van der Waals surface area contributed by atoms with Crippen LogP contribution in [0.5, 0.6) is 0 Å². The van der Waals surface area contributed by atoms with Gasteiger partial charge in [-0.1, -0.05) is 30.7 Å². The number of amides is 1. The Morgan fingerprint density at radius 1 is 1.29 bits per heavy atom. The van der Waals surface area contributed by atoms with Gasteiger partial charge in [-0.25, -0.2) is 0 Å². The Kier molecular flexibility index (Phi) is 2.23. The Hall–Kier alpha value is -1.02. The first-order valence-corrected chi connectivity index (χ1v) is 5.01. The molecule has 74 valence electrons. The Morgan fingerprint density at radius 2 is 1.86 bits per heavy atom. The molecule has 1 heterocycles. The van der Waals surface area contributed by atoms with Gasteiger partial charge in [0.25, 0.3) is 0 Å². The van der Waals surface area contributed by atoms with E-state index in [4.69, 9.17) is 11.6 Å². The molecular formula is C11H12ClNO. The topological polar surface area (TPSA) is 20.3 Å². The summed E-state index contributed by atoms with van der Waals surface area (Å²) in [6, 6.07) is 7.90. The van der Waals surface area contributed by atoms with Gasteiger partial charge in [-0.15, -0.1) is 0 Å². The van der Waals surface area contributed by atoms with Crippen LogP contribution in [0.15, 0.2) is 24.3 Å². The van der Waals surface area contributed by atoms with Gasteiger partial charge in [-0.05, 0) is 17.7 Å². The van der Waals surface area contributed by atoms with E-state index in [-0.39, 0.29) is 17.9 Å². The first-order chi connectivity index (χ1) is 6.61. The quantitative estimate of drug-likeness (QED) is 0.651. The second-order valence-electron chi connectivity index (χ2n) is 3.73. The fourth-order valence-corrected chi connectivity index (χ4v) is 2.14. The molecule has 0 unspecified atom stereocenters. The van der Waals surface area contributed by atoms with Crippen LogP contribution in [-0.4, -0.2) is 17.9 Å². The average molecular weight is 210 g/mol. The largest absolute Gasteiger partial charge is 0.338 e. The third-order valence-electron chi connectivity index (χ3n) is 2.84. The Bertz CT molecular complexity index is 348. The highest BCUT2D eigenvalue weighted by Crippen LogP contribution is 2.38. The maximum atomic E-state index is 11.3. The van der Waals surface area contributed by atoms with Gasteiger partial charge in [0.1, 0.15) is 0 Å². The van der Waals surface area contributed by atoms with E-state index in [1.54, 1.807) is 4.90 Å². The molecule has 1 fully saturated rings. The first-order valence-electron chi connectivity index (χ1n) is 4.63. The van der Waals surface area contributed by atoms with E-state index in [0.717, 1.165) is 10.6 Å². The van der Waals surface area contributed by atoms with Gasteiger partial charge in [-0.2, -0.15) is 0 Å². The number of benzene rings is 1. The number of rotatable bonds is 1. The van der Waals surface area contributed by atoms with Crippen molar-refractivity contribution in [2.75, 3.05) is 7.05 Å². The zero-order valence-corrected chi connectivity index (χ0v) is 8.95. The number of carbonyl (C=O) groups is 1. The van der Waals surface area contributed by atoms with E-state index in [2.05, 4.69) is 0 Å². The minimum atomic E-state index is 0.0983. The van der Waals surface area contributed by atoms with E-state index in [9.17, 15) is 4.79 Å². The van der Waals surface area contributed by atoms with E-state index >= 15 is 0 Å². The van der Waals surface area contributed by atoms with Crippen molar-refractivity contribution in [3.8, 4) is 0 Å². The highest BCUT2D eigenvalue weighted by molar-refractivity contribution is 6.30. The molecule has 0 bridgehead atoms. The molecule has 0 spiro atoms. The molecule has 1 saturated heterocycles. The molecule has 14 heavy (non-hydrogen) atoms. The van der Waals surface area contributed by atoms with Crippen molar-refractivity contribution in [3.63, 3.8) is 0 Å². The van der Waals surface area contributed by atoms with Crippen molar-refractivity contribution < 1.29 is 4.79 Å². The predicted octanol–water partition coefficient (Wildman–Crippen LogP) is 2.49. The molecule has 1 aromatic rings. The second kappa shape index (κ2) is 3.28. The number of nitrogens with zero attached hydrogens (tertiary/aromatic N) is 1. The summed E-state index contributed by atoms with van der Waals surface area (Å²) in [5.41, 5.74) is 1.16. The molecular weight excluding hydrogens is 198 g/mol. The standard InChI is InChI=1S/C11H12ClNO/c1-7-10(13(2)11(7)14)8-3-5-9(12)6-4-8/h3-7,10H,1-2H3/t7-,10-/m0/s1. The van der Waals surface area contributed by atoms with Crippen molar-refractivity contribution in [1.82, 2.24) is 4.90 Å². The Labute approximate surface area is 88.5 Å². The number of halogens is 1. The van der Waals surface area contributed by atoms with Crippen LogP contribution in [0.2, 0.25) is 5.02 Å². The molecule has 2 rings (SSSR count). The van der Waals surface area contributed by atoms with Gasteiger partial charge in [0.15, 0.2) is 0 Å². The molecule has 0 aromatic heterocycles. The molecule has 0 radical (unpaired) electrons. The number of β-lactam (4-membered cyclic amide) rings is 1. The van der Waals surface area contributed by atoms with Crippen LogP contribution in [0.4, 0.5) is 0 Å². The molecule has 1 aliphatic heterocycles. The van der Waals surface area contributed by atoms with Gasteiger partial charge >= 0.3 is 0 Å². The summed E-state index contributed by atoms with van der Waals surface area (Å²) in [7, 11) is 1.83. The van der Waals surface area contributed by atoms with Crippen molar-refractivity contribution in [1.29, 1.82) is 0 Å². The average Bonchev–Trinajstić information content (AvgIpc) is 2.21. The van der Waals surface area contributed by atoms with Gasteiger partial charge in [-0.3, -0.25) is 4.79 Å². The van der Waals surface area contributed by atoms with Crippen molar-refractivity contribution in [2.24, 2.45) is 5.92 Å². The highest BCUT2D eigenvalue weighted by Gasteiger charge is 2.42. The normalized spacial score (nSPS) is 26.2. The summed E-state index contributed by atoms with van der Waals surface area (Å²) >= 11 is 5.80. The van der Waals surface area contributed by atoms with E-state index < -0.39 is 0 Å². The van der Waals surface area contributed by atoms with Crippen LogP contribution in [0, 0.1) is 5.92 Å². The van der Waals surface area contributed by atoms with Gasteiger partial charge in [0.2, 0.25) is 5.91 Å². The lowest BCUT2D eigenvalue weighted by Gasteiger charge is -2.43. The monoisotopic (exact) mass is 209 g/mol. The maximum absolute atomic E-state index is 11.3. The molecule has 0 aliphatic carbocycles. The number of hydrogen-bond acceptors (Lipinski definition) is 1. The van der Waals surface area contributed by atoms with Crippen molar-refractivity contribution >= 4 is 17.5 Å². The second-order valence-corrected chi connectivity index (χ2v) is 4.17. The molecule has 0 saturated carbocycles. The van der Waals surface area contributed by atoms with E-state index in [0.29, 0.717) is 0 Å². The fraction of sp³-hybridized carbons (Fsp3) is 0.364. The maximum Gasteiger partial charge on any atom is 0.228 e. The summed E-state index contributed by atoms with van der Waals surface area (Å²) in [5, 5.41) is 0.731. The van der Waals surface area contributed by atoms with Gasteiger partial charge in [0, 0.05) is 12.1 Å². The molecule has 3 heteroatoms. The number of likely N-dealkylation sites (tertiary alicyclic amines) is 1. The first kappa shape index (κ1) is 9.53. The minimum absolute atomic E-state index is 0.0983. The van der Waals surface area contributed by atoms with Crippen LogP contribution < -0.4 is 0 Å². The van der Waals surface area contributed by atoms with Crippen LogP contribution in [0.1, 0.15) is 18.5 Å². The van der Waals surface area contributed by atoms with Crippen molar-refractivity contribution in [2.45, 2.75) is 13.0 Å². The van der Waals surface area contributed by atoms with Gasteiger partial charge < -0.3 is 4.90 Å². The lowest BCUT2D eigenvalue weighted by atomic mass is 9.85. The summed E-state index contributed by atoms with van der Waals surface area (Å²) < 4.78 is 0. The summed E-state index contributed by atoms with van der Waals surface area (Å²) in [6.07, 6.45) is 0. The number of carbonyl (C=O) groups excluding carboxylic acids is 1. The van der Waals surface area contributed by atoms with E-state index in [1.165, 1.54) is 0 Å². The lowest BCUT2D eigenvalue weighted by Crippen LogP contribution is -2.51. The van der Waals surface area contributed by atoms with Crippen LogP contribution in [0.3, 0.4) is 0 Å². The van der Waals surface area contributed by atoms with Gasteiger partial charge in [0.05, 0.1) is 12.0 Å². The minimum Gasteiger partial charge on any atom is -0.338 e.